The first-order chi connectivity index (χ1) is 8.97. The van der Waals surface area contributed by atoms with E-state index in [9.17, 15) is 9.50 Å². The summed E-state index contributed by atoms with van der Waals surface area (Å²) in [5.74, 6) is -0.201. The summed E-state index contributed by atoms with van der Waals surface area (Å²) in [6.45, 7) is 0.459. The molecule has 2 nitrogen and oxygen atoms in total. The van der Waals surface area contributed by atoms with Crippen LogP contribution in [0.4, 0.5) is 10.1 Å². The Hall–Kier alpha value is -0.780. The highest BCUT2D eigenvalue weighted by atomic mass is 79.9. The third-order valence-electron chi connectivity index (χ3n) is 2.49. The smallest absolute Gasteiger partial charge is 0.143 e. The van der Waals surface area contributed by atoms with Crippen molar-refractivity contribution in [1.29, 1.82) is 0 Å². The van der Waals surface area contributed by atoms with E-state index in [0.29, 0.717) is 26.2 Å². The van der Waals surface area contributed by atoms with Gasteiger partial charge in [0.25, 0.3) is 0 Å². The summed E-state index contributed by atoms with van der Waals surface area (Å²) < 4.78 is 14.3. The summed E-state index contributed by atoms with van der Waals surface area (Å²) in [6, 6.07) is 7.70. The molecule has 6 heteroatoms. The van der Waals surface area contributed by atoms with Gasteiger partial charge in [-0.25, -0.2) is 4.39 Å². The summed E-state index contributed by atoms with van der Waals surface area (Å²) in [7, 11) is 0. The maximum atomic E-state index is 13.1. The third kappa shape index (κ3) is 3.61. The van der Waals surface area contributed by atoms with Crippen LogP contribution in [-0.2, 0) is 6.54 Å². The summed E-state index contributed by atoms with van der Waals surface area (Å²) in [5.41, 5.74) is 1.44. The van der Waals surface area contributed by atoms with Gasteiger partial charge in [0, 0.05) is 6.54 Å². The molecule has 0 aliphatic rings. The number of hydrogen-bond donors (Lipinski definition) is 2. The number of rotatable bonds is 3. The largest absolute Gasteiger partial charge is 0.506 e. The highest BCUT2D eigenvalue weighted by Gasteiger charge is 2.07. The zero-order chi connectivity index (χ0) is 14.0. The molecule has 0 aliphatic heterocycles. The number of aromatic hydroxyl groups is 1. The van der Waals surface area contributed by atoms with Crippen molar-refractivity contribution in [3.05, 3.63) is 55.7 Å². The van der Waals surface area contributed by atoms with E-state index in [1.807, 2.05) is 0 Å². The van der Waals surface area contributed by atoms with Crippen molar-refractivity contribution in [2.24, 2.45) is 0 Å². The topological polar surface area (TPSA) is 32.3 Å². The van der Waals surface area contributed by atoms with E-state index >= 15 is 0 Å². The Morgan fingerprint density at radius 2 is 1.79 bits per heavy atom. The van der Waals surface area contributed by atoms with Crippen molar-refractivity contribution in [2.45, 2.75) is 6.54 Å². The average Bonchev–Trinajstić information content (AvgIpc) is 2.37. The highest BCUT2D eigenvalue weighted by Crippen LogP contribution is 2.33. The van der Waals surface area contributed by atoms with Crippen LogP contribution in [0.15, 0.2) is 39.3 Å². The quantitative estimate of drug-likeness (QED) is 0.719. The Labute approximate surface area is 131 Å². The van der Waals surface area contributed by atoms with Gasteiger partial charge >= 0.3 is 0 Å². The maximum absolute atomic E-state index is 13.1. The first-order valence-electron chi connectivity index (χ1n) is 5.33. The van der Waals surface area contributed by atoms with Gasteiger partial charge in [0.05, 0.1) is 19.7 Å². The Balaban J connectivity index is 2.17. The Morgan fingerprint density at radius 3 is 2.42 bits per heavy atom. The Bertz CT molecular complexity index is 599. The Morgan fingerprint density at radius 1 is 1.16 bits per heavy atom. The van der Waals surface area contributed by atoms with E-state index in [1.165, 1.54) is 18.2 Å². The van der Waals surface area contributed by atoms with Gasteiger partial charge in [-0.15, -0.1) is 0 Å². The molecule has 2 N–H and O–H groups in total. The molecule has 2 aromatic carbocycles. The number of phenols is 1. The van der Waals surface area contributed by atoms with Crippen LogP contribution < -0.4 is 5.32 Å². The molecule has 0 aliphatic carbocycles. The zero-order valence-corrected chi connectivity index (χ0v) is 13.5. The molecule has 0 bridgehead atoms. The third-order valence-corrected chi connectivity index (χ3v) is 4.03. The molecule has 0 amide bonds. The zero-order valence-electron chi connectivity index (χ0n) is 9.55. The normalized spacial score (nSPS) is 10.5. The number of anilines is 1. The van der Waals surface area contributed by atoms with Gasteiger partial charge in [-0.2, -0.15) is 0 Å². The molecular formula is C13H9Br2ClFNO. The highest BCUT2D eigenvalue weighted by molar-refractivity contribution is 9.11. The number of halogens is 4. The van der Waals surface area contributed by atoms with Crippen LogP contribution in [0.25, 0.3) is 0 Å². The lowest BCUT2D eigenvalue weighted by atomic mass is 10.2. The van der Waals surface area contributed by atoms with Gasteiger partial charge in [0.15, 0.2) is 0 Å². The molecule has 0 spiro atoms. The van der Waals surface area contributed by atoms with Gasteiger partial charge in [0.2, 0.25) is 0 Å². The van der Waals surface area contributed by atoms with Crippen LogP contribution in [0.1, 0.15) is 5.56 Å². The molecule has 0 radical (unpaired) electrons. The molecule has 19 heavy (non-hydrogen) atoms. The summed E-state index contributed by atoms with van der Waals surface area (Å²) >= 11 is 12.5. The fraction of sp³-hybridized carbons (Fsp3) is 0.0769. The molecule has 0 heterocycles. The summed E-state index contributed by atoms with van der Waals surface area (Å²) in [5, 5.41) is 13.1. The maximum Gasteiger partial charge on any atom is 0.143 e. The lowest BCUT2D eigenvalue weighted by Gasteiger charge is -2.10. The van der Waals surface area contributed by atoms with Crippen LogP contribution in [0.5, 0.6) is 5.75 Å². The number of phenolic OH excluding ortho intramolecular Hbond substituents is 1. The van der Waals surface area contributed by atoms with E-state index in [-0.39, 0.29) is 11.6 Å². The summed E-state index contributed by atoms with van der Waals surface area (Å²) in [4.78, 5) is 0. The second kappa shape index (κ2) is 6.11. The van der Waals surface area contributed by atoms with E-state index in [2.05, 4.69) is 37.2 Å². The standard InChI is InChI=1S/C13H9Br2ClFNO/c14-9-3-7(4-10(15)13(9)19)6-18-12-5-8(17)1-2-11(12)16/h1-5,18-19H,6H2. The van der Waals surface area contributed by atoms with E-state index in [4.69, 9.17) is 11.6 Å². The van der Waals surface area contributed by atoms with Gasteiger partial charge < -0.3 is 10.4 Å². The molecular weight excluding hydrogens is 400 g/mol. The second-order valence-electron chi connectivity index (χ2n) is 3.89. The fourth-order valence-corrected chi connectivity index (χ4v) is 3.02. The molecule has 0 fully saturated rings. The number of nitrogens with one attached hydrogen (secondary N) is 1. The van der Waals surface area contributed by atoms with Crippen molar-refractivity contribution in [2.75, 3.05) is 5.32 Å². The van der Waals surface area contributed by atoms with Crippen molar-refractivity contribution in [1.82, 2.24) is 0 Å². The predicted octanol–water partition coefficient (Wildman–Crippen LogP) is 5.32. The van der Waals surface area contributed by atoms with Crippen LogP contribution in [0.3, 0.4) is 0 Å². The predicted molar refractivity (Wildman–Crippen MR) is 82.2 cm³/mol. The Kier molecular flexibility index (Phi) is 4.71. The first kappa shape index (κ1) is 14.6. The van der Waals surface area contributed by atoms with Gasteiger partial charge in [-0.1, -0.05) is 11.6 Å². The van der Waals surface area contributed by atoms with Gasteiger partial charge in [0.1, 0.15) is 11.6 Å². The molecule has 0 saturated carbocycles. The van der Waals surface area contributed by atoms with Crippen LogP contribution in [0.2, 0.25) is 5.02 Å². The van der Waals surface area contributed by atoms with Crippen molar-refractivity contribution < 1.29 is 9.50 Å². The minimum Gasteiger partial charge on any atom is -0.506 e. The molecule has 0 aromatic heterocycles. The lowest BCUT2D eigenvalue weighted by Crippen LogP contribution is -2.00. The average molecular weight is 409 g/mol. The van der Waals surface area contributed by atoms with Crippen molar-refractivity contribution >= 4 is 49.1 Å². The minimum atomic E-state index is -0.347. The van der Waals surface area contributed by atoms with Crippen LogP contribution >= 0.6 is 43.5 Å². The van der Waals surface area contributed by atoms with Gasteiger partial charge in [-0.3, -0.25) is 0 Å². The van der Waals surface area contributed by atoms with Crippen molar-refractivity contribution in [3.8, 4) is 5.75 Å². The molecule has 0 atom stereocenters. The second-order valence-corrected chi connectivity index (χ2v) is 6.00. The first-order valence-corrected chi connectivity index (χ1v) is 7.29. The molecule has 100 valence electrons. The van der Waals surface area contributed by atoms with E-state index in [0.717, 1.165) is 5.56 Å². The molecule has 0 unspecified atom stereocenters. The number of benzene rings is 2. The van der Waals surface area contributed by atoms with E-state index < -0.39 is 0 Å². The van der Waals surface area contributed by atoms with Crippen LogP contribution in [-0.4, -0.2) is 5.11 Å². The lowest BCUT2D eigenvalue weighted by molar-refractivity contribution is 0.468. The van der Waals surface area contributed by atoms with E-state index in [1.54, 1.807) is 12.1 Å². The monoisotopic (exact) mass is 407 g/mol. The molecule has 2 rings (SSSR count). The summed E-state index contributed by atoms with van der Waals surface area (Å²) in [6.07, 6.45) is 0. The van der Waals surface area contributed by atoms with Crippen LogP contribution in [0, 0.1) is 5.82 Å². The molecule has 2 aromatic rings. The van der Waals surface area contributed by atoms with Crippen molar-refractivity contribution in [3.63, 3.8) is 0 Å². The minimum absolute atomic E-state index is 0.146. The number of hydrogen-bond acceptors (Lipinski definition) is 2. The molecule has 0 saturated heterocycles. The SMILES string of the molecule is Oc1c(Br)cc(CNc2cc(F)ccc2Cl)cc1Br. The fourth-order valence-electron chi connectivity index (χ4n) is 1.55. The van der Waals surface area contributed by atoms with Gasteiger partial charge in [-0.05, 0) is 67.8 Å².